The van der Waals surface area contributed by atoms with Crippen LogP contribution in [-0.2, 0) is 0 Å². The first-order valence-electron chi connectivity index (χ1n) is 5.71. The number of rotatable bonds is 2. The van der Waals surface area contributed by atoms with Crippen LogP contribution in [-0.4, -0.2) is 29.1 Å². The SMILES string of the molecule is Cl.Clc1ccc2oc(N[C@@H]3CCCNC3)nc2n1. The Morgan fingerprint density at radius 1 is 1.39 bits per heavy atom. The first kappa shape index (κ1) is 13.4. The van der Waals surface area contributed by atoms with Gasteiger partial charge in [-0.05, 0) is 31.5 Å². The minimum Gasteiger partial charge on any atom is -0.422 e. The van der Waals surface area contributed by atoms with E-state index in [9.17, 15) is 0 Å². The van der Waals surface area contributed by atoms with Crippen LogP contribution < -0.4 is 10.6 Å². The molecule has 1 aliphatic heterocycles. The summed E-state index contributed by atoms with van der Waals surface area (Å²) in [6, 6.07) is 4.36. The van der Waals surface area contributed by atoms with Crippen molar-refractivity contribution in [3.63, 3.8) is 0 Å². The van der Waals surface area contributed by atoms with Gasteiger partial charge >= 0.3 is 0 Å². The number of fused-ring (bicyclic) bond motifs is 1. The lowest BCUT2D eigenvalue weighted by molar-refractivity contribution is 0.467. The van der Waals surface area contributed by atoms with Crippen LogP contribution in [0.2, 0.25) is 5.15 Å². The Labute approximate surface area is 116 Å². The standard InChI is InChI=1S/C11H13ClN4O.ClH/c12-9-4-3-8-10(15-9)16-11(17-8)14-7-2-1-5-13-6-7;/h3-4,7,13H,1-2,5-6H2,(H,14,15,16);1H/t7-;/m1./s1. The minimum absolute atomic E-state index is 0. The molecule has 0 saturated carbocycles. The number of nitrogens with zero attached hydrogens (tertiary/aromatic N) is 2. The zero-order valence-electron chi connectivity index (χ0n) is 9.65. The third kappa shape index (κ3) is 2.85. The Morgan fingerprint density at radius 3 is 3.06 bits per heavy atom. The quantitative estimate of drug-likeness (QED) is 0.831. The minimum atomic E-state index is 0. The summed E-state index contributed by atoms with van der Waals surface area (Å²) >= 11 is 5.80. The molecular formula is C11H14Cl2N4O. The summed E-state index contributed by atoms with van der Waals surface area (Å²) in [6.07, 6.45) is 2.29. The van der Waals surface area contributed by atoms with Gasteiger partial charge in [-0.1, -0.05) is 11.6 Å². The maximum atomic E-state index is 5.80. The fraction of sp³-hybridized carbons (Fsp3) is 0.455. The van der Waals surface area contributed by atoms with E-state index in [1.807, 2.05) is 0 Å². The van der Waals surface area contributed by atoms with Crippen molar-refractivity contribution >= 4 is 41.3 Å². The van der Waals surface area contributed by atoms with E-state index in [4.69, 9.17) is 16.0 Å². The average molecular weight is 289 g/mol. The molecule has 0 aromatic carbocycles. The largest absolute Gasteiger partial charge is 0.422 e. The molecule has 98 valence electrons. The number of aromatic nitrogens is 2. The number of halogens is 2. The van der Waals surface area contributed by atoms with Crippen LogP contribution in [0.3, 0.4) is 0 Å². The molecule has 1 saturated heterocycles. The van der Waals surface area contributed by atoms with Crippen molar-refractivity contribution < 1.29 is 4.42 Å². The van der Waals surface area contributed by atoms with Gasteiger partial charge < -0.3 is 15.1 Å². The first-order valence-corrected chi connectivity index (χ1v) is 6.09. The van der Waals surface area contributed by atoms with Gasteiger partial charge in [0.05, 0.1) is 0 Å². The van der Waals surface area contributed by atoms with Gasteiger partial charge in [0.15, 0.2) is 5.58 Å². The van der Waals surface area contributed by atoms with Crippen LogP contribution in [0.15, 0.2) is 16.5 Å². The number of oxazole rings is 1. The Morgan fingerprint density at radius 2 is 2.28 bits per heavy atom. The summed E-state index contributed by atoms with van der Waals surface area (Å²) in [7, 11) is 0. The van der Waals surface area contributed by atoms with Gasteiger partial charge in [0, 0.05) is 12.6 Å². The molecule has 3 rings (SSSR count). The van der Waals surface area contributed by atoms with Crippen LogP contribution in [0.4, 0.5) is 6.01 Å². The molecule has 7 heteroatoms. The van der Waals surface area contributed by atoms with Gasteiger partial charge in [-0.15, -0.1) is 12.4 Å². The van der Waals surface area contributed by atoms with Gasteiger partial charge in [0.25, 0.3) is 6.01 Å². The van der Waals surface area contributed by atoms with E-state index in [2.05, 4.69) is 20.6 Å². The van der Waals surface area contributed by atoms with E-state index in [1.165, 1.54) is 6.42 Å². The molecule has 2 aromatic rings. The molecule has 0 radical (unpaired) electrons. The Bertz CT molecular complexity index is 525. The lowest BCUT2D eigenvalue weighted by Crippen LogP contribution is -2.38. The Hall–Kier alpha value is -1.04. The third-order valence-corrected chi connectivity index (χ3v) is 3.05. The number of anilines is 1. The summed E-state index contributed by atoms with van der Waals surface area (Å²) < 4.78 is 5.55. The van der Waals surface area contributed by atoms with Gasteiger partial charge in [-0.25, -0.2) is 4.98 Å². The summed E-state index contributed by atoms with van der Waals surface area (Å²) in [4.78, 5) is 8.36. The molecule has 0 spiro atoms. The lowest BCUT2D eigenvalue weighted by atomic mass is 10.1. The summed E-state index contributed by atoms with van der Waals surface area (Å²) in [6.45, 7) is 2.02. The maximum Gasteiger partial charge on any atom is 0.297 e. The van der Waals surface area contributed by atoms with Gasteiger partial charge in [0.2, 0.25) is 5.65 Å². The topological polar surface area (TPSA) is 63.0 Å². The maximum absolute atomic E-state index is 5.80. The van der Waals surface area contributed by atoms with Crippen molar-refractivity contribution in [2.75, 3.05) is 18.4 Å². The highest BCUT2D eigenvalue weighted by molar-refractivity contribution is 6.29. The first-order chi connectivity index (χ1) is 8.31. The fourth-order valence-corrected chi connectivity index (χ4v) is 2.15. The Balaban J connectivity index is 0.00000120. The average Bonchev–Trinajstić information content (AvgIpc) is 2.71. The van der Waals surface area contributed by atoms with E-state index < -0.39 is 0 Å². The van der Waals surface area contributed by atoms with Crippen molar-refractivity contribution in [2.24, 2.45) is 0 Å². The highest BCUT2D eigenvalue weighted by Gasteiger charge is 2.15. The zero-order valence-corrected chi connectivity index (χ0v) is 11.2. The van der Waals surface area contributed by atoms with E-state index in [1.54, 1.807) is 12.1 Å². The summed E-state index contributed by atoms with van der Waals surface area (Å²) in [5, 5.41) is 7.02. The zero-order chi connectivity index (χ0) is 11.7. The third-order valence-electron chi connectivity index (χ3n) is 2.84. The second kappa shape index (κ2) is 5.73. The molecule has 3 heterocycles. The highest BCUT2D eigenvalue weighted by Crippen LogP contribution is 2.20. The van der Waals surface area contributed by atoms with E-state index in [0.29, 0.717) is 28.4 Å². The summed E-state index contributed by atoms with van der Waals surface area (Å²) in [5.41, 5.74) is 1.20. The molecule has 1 aliphatic rings. The van der Waals surface area contributed by atoms with Crippen molar-refractivity contribution in [1.29, 1.82) is 0 Å². The van der Waals surface area contributed by atoms with Gasteiger partial charge in [-0.2, -0.15) is 4.98 Å². The molecule has 0 amide bonds. The predicted molar refractivity (Wildman–Crippen MR) is 73.6 cm³/mol. The molecule has 0 bridgehead atoms. The highest BCUT2D eigenvalue weighted by atomic mass is 35.5. The molecular weight excluding hydrogens is 275 g/mol. The van der Waals surface area contributed by atoms with Crippen LogP contribution >= 0.6 is 24.0 Å². The summed E-state index contributed by atoms with van der Waals surface area (Å²) in [5.74, 6) is 0. The predicted octanol–water partition coefficient (Wildman–Crippen LogP) is 2.46. The molecule has 1 atom stereocenters. The van der Waals surface area contributed by atoms with E-state index >= 15 is 0 Å². The Kier molecular flexibility index (Phi) is 4.27. The van der Waals surface area contributed by atoms with Crippen molar-refractivity contribution in [1.82, 2.24) is 15.3 Å². The van der Waals surface area contributed by atoms with E-state index in [-0.39, 0.29) is 12.4 Å². The fourth-order valence-electron chi connectivity index (χ4n) is 2.01. The van der Waals surface area contributed by atoms with Crippen LogP contribution in [0, 0.1) is 0 Å². The second-order valence-electron chi connectivity index (χ2n) is 4.16. The van der Waals surface area contributed by atoms with E-state index in [0.717, 1.165) is 19.5 Å². The molecule has 0 unspecified atom stereocenters. The van der Waals surface area contributed by atoms with Crippen molar-refractivity contribution in [3.8, 4) is 0 Å². The molecule has 5 nitrogen and oxygen atoms in total. The molecule has 1 fully saturated rings. The van der Waals surface area contributed by atoms with Crippen LogP contribution in [0.1, 0.15) is 12.8 Å². The van der Waals surface area contributed by atoms with Crippen molar-refractivity contribution in [3.05, 3.63) is 17.3 Å². The molecule has 0 aliphatic carbocycles. The number of nitrogens with one attached hydrogen (secondary N) is 2. The molecule has 2 N–H and O–H groups in total. The van der Waals surface area contributed by atoms with Gasteiger partial charge in [-0.3, -0.25) is 0 Å². The number of hydrogen-bond donors (Lipinski definition) is 2. The number of pyridine rings is 1. The van der Waals surface area contributed by atoms with Crippen LogP contribution in [0.25, 0.3) is 11.2 Å². The monoisotopic (exact) mass is 288 g/mol. The van der Waals surface area contributed by atoms with Crippen LogP contribution in [0.5, 0.6) is 0 Å². The van der Waals surface area contributed by atoms with Gasteiger partial charge in [0.1, 0.15) is 5.15 Å². The second-order valence-corrected chi connectivity index (χ2v) is 4.55. The number of piperidine rings is 1. The number of hydrogen-bond acceptors (Lipinski definition) is 5. The van der Waals surface area contributed by atoms with Crippen molar-refractivity contribution in [2.45, 2.75) is 18.9 Å². The lowest BCUT2D eigenvalue weighted by Gasteiger charge is -2.22. The normalized spacial score (nSPS) is 19.5. The molecule has 18 heavy (non-hydrogen) atoms. The smallest absolute Gasteiger partial charge is 0.297 e. The molecule has 2 aromatic heterocycles.